The van der Waals surface area contributed by atoms with Crippen LogP contribution in [0.1, 0.15) is 6.92 Å². The summed E-state index contributed by atoms with van der Waals surface area (Å²) >= 11 is 0. The number of benzene rings is 1. The number of fused-ring (bicyclic) bond motifs is 2. The van der Waals surface area contributed by atoms with Crippen molar-refractivity contribution >= 4 is 27.5 Å². The molecule has 0 atom stereocenters. The zero-order chi connectivity index (χ0) is 16.9. The van der Waals surface area contributed by atoms with Gasteiger partial charge in [0.25, 0.3) is 0 Å². The molecule has 1 aromatic rings. The molecule has 0 aromatic heterocycles. The predicted octanol–water partition coefficient (Wildman–Crippen LogP) is 0.769. The Kier molecular flexibility index (Phi) is 5.14. The Morgan fingerprint density at radius 1 is 1.55 bits per heavy atom. The number of hydrogen-bond donors (Lipinski definition) is 1. The fraction of sp³-hybridized carbons (Fsp3) is 0.182. The van der Waals surface area contributed by atoms with Crippen LogP contribution in [0.15, 0.2) is 23.1 Å². The maximum Gasteiger partial charge on any atom is 0.346 e. The van der Waals surface area contributed by atoms with Gasteiger partial charge in [0, 0.05) is 6.92 Å². The lowest BCUT2D eigenvalue weighted by atomic mass is 10.3. The lowest BCUT2D eigenvalue weighted by Crippen LogP contribution is -2.08. The predicted molar refractivity (Wildman–Crippen MR) is 70.9 cm³/mol. The molecule has 0 unspecified atom stereocenters. The molecule has 10 nitrogen and oxygen atoms in total. The lowest BCUT2D eigenvalue weighted by molar-refractivity contribution is -0.387. The molecule has 0 fully saturated rings. The molecule has 1 aromatic carbocycles. The van der Waals surface area contributed by atoms with Gasteiger partial charge in [-0.3, -0.25) is 20.3 Å². The molecule has 22 heavy (non-hydrogen) atoms. The van der Waals surface area contributed by atoms with E-state index in [0.29, 0.717) is 0 Å². The molecule has 1 heterocycles. The Morgan fingerprint density at radius 2 is 2.18 bits per heavy atom. The third-order valence-electron chi connectivity index (χ3n) is 2.17. The van der Waals surface area contributed by atoms with E-state index in [4.69, 9.17) is 10.7 Å². The van der Waals surface area contributed by atoms with E-state index in [0.717, 1.165) is 6.07 Å². The van der Waals surface area contributed by atoms with Gasteiger partial charge in [0.2, 0.25) is 5.75 Å². The van der Waals surface area contributed by atoms with Gasteiger partial charge in [-0.2, -0.15) is 13.7 Å². The molecule has 0 radical (unpaired) electrons. The Balaban J connectivity index is 0.000000239. The summed E-state index contributed by atoms with van der Waals surface area (Å²) in [5.41, 5.74) is -0.729. The second-order valence-corrected chi connectivity index (χ2v) is 5.28. The first-order valence-electron chi connectivity index (χ1n) is 5.52. The van der Waals surface area contributed by atoms with E-state index in [1.807, 2.05) is 0 Å². The zero-order valence-electron chi connectivity index (χ0n) is 11.1. The summed E-state index contributed by atoms with van der Waals surface area (Å²) in [6.07, 6.45) is 0. The number of esters is 1. The smallest absolute Gasteiger partial charge is 0.346 e. The molecular formula is C11H9N3O7S. The molecule has 2 bridgehead atoms. The number of carbonyl (C=O) groups is 1. The zero-order valence-corrected chi connectivity index (χ0v) is 11.9. The summed E-state index contributed by atoms with van der Waals surface area (Å²) in [6, 6.07) is 5.30. The van der Waals surface area contributed by atoms with Crippen molar-refractivity contribution < 1.29 is 27.1 Å². The summed E-state index contributed by atoms with van der Waals surface area (Å²) < 4.78 is 30.9. The van der Waals surface area contributed by atoms with Gasteiger partial charge >= 0.3 is 21.8 Å². The molecule has 0 aliphatic carbocycles. The Bertz CT molecular complexity index is 779. The molecule has 0 saturated carbocycles. The first kappa shape index (κ1) is 17.1. The molecule has 116 valence electrons. The van der Waals surface area contributed by atoms with Crippen LogP contribution in [-0.2, 0) is 19.6 Å². The van der Waals surface area contributed by atoms with Crippen molar-refractivity contribution in [3.05, 3.63) is 28.3 Å². The Labute approximate surface area is 124 Å². The minimum atomic E-state index is -3.94. The molecule has 1 aliphatic heterocycles. The van der Waals surface area contributed by atoms with Crippen LogP contribution in [0.4, 0.5) is 5.69 Å². The second kappa shape index (κ2) is 6.64. The van der Waals surface area contributed by atoms with Crippen LogP contribution in [-0.4, -0.2) is 31.6 Å². The molecule has 0 saturated heterocycles. The SMILES string of the molecule is CC(=O)OCC(=N)C#N.O=[N+]([O-])c1c2cccc1S(=O)(=O)O2. The van der Waals surface area contributed by atoms with Crippen LogP contribution >= 0.6 is 0 Å². The van der Waals surface area contributed by atoms with Gasteiger partial charge in [0.15, 0.2) is 4.90 Å². The average Bonchev–Trinajstić information content (AvgIpc) is 2.59. The van der Waals surface area contributed by atoms with Crippen molar-refractivity contribution in [2.24, 2.45) is 0 Å². The van der Waals surface area contributed by atoms with E-state index in [1.165, 1.54) is 25.1 Å². The topological polar surface area (TPSA) is 160 Å². The summed E-state index contributed by atoms with van der Waals surface area (Å²) in [7, 11) is -3.94. The lowest BCUT2D eigenvalue weighted by Gasteiger charge is -1.94. The number of hydrogen-bond acceptors (Lipinski definition) is 9. The number of nitrogens with one attached hydrogen (secondary N) is 1. The van der Waals surface area contributed by atoms with Crippen molar-refractivity contribution in [3.8, 4) is 11.8 Å². The molecule has 0 spiro atoms. The number of nitrogens with zero attached hydrogens (tertiary/aromatic N) is 2. The fourth-order valence-electron chi connectivity index (χ4n) is 1.32. The quantitative estimate of drug-likeness (QED) is 0.280. The molecule has 1 N–H and O–H groups in total. The summed E-state index contributed by atoms with van der Waals surface area (Å²) in [5.74, 6) is -0.697. The first-order chi connectivity index (χ1) is 10.2. The average molecular weight is 327 g/mol. The molecule has 1 aliphatic rings. The molecule has 2 rings (SSSR count). The van der Waals surface area contributed by atoms with E-state index < -0.39 is 26.7 Å². The Hall–Kier alpha value is -3.00. The van der Waals surface area contributed by atoms with Crippen LogP contribution in [0.2, 0.25) is 0 Å². The van der Waals surface area contributed by atoms with Crippen molar-refractivity contribution in [3.63, 3.8) is 0 Å². The van der Waals surface area contributed by atoms with Gasteiger partial charge < -0.3 is 8.92 Å². The van der Waals surface area contributed by atoms with E-state index in [1.54, 1.807) is 0 Å². The van der Waals surface area contributed by atoms with E-state index in [9.17, 15) is 23.3 Å². The van der Waals surface area contributed by atoms with Crippen LogP contribution in [0.3, 0.4) is 0 Å². The second-order valence-electron chi connectivity index (χ2n) is 3.77. The fourth-order valence-corrected chi connectivity index (χ4v) is 2.44. The third-order valence-corrected chi connectivity index (χ3v) is 3.44. The number of para-hydroxylation sites is 1. The van der Waals surface area contributed by atoms with E-state index >= 15 is 0 Å². The highest BCUT2D eigenvalue weighted by Gasteiger charge is 2.39. The van der Waals surface area contributed by atoms with Crippen molar-refractivity contribution in [1.82, 2.24) is 0 Å². The monoisotopic (exact) mass is 327 g/mol. The van der Waals surface area contributed by atoms with Crippen LogP contribution < -0.4 is 4.18 Å². The van der Waals surface area contributed by atoms with Crippen LogP contribution in [0.25, 0.3) is 0 Å². The number of ether oxygens (including phenoxy) is 1. The van der Waals surface area contributed by atoms with Gasteiger partial charge in [0.1, 0.15) is 18.4 Å². The highest BCUT2D eigenvalue weighted by molar-refractivity contribution is 7.87. The minimum Gasteiger partial charge on any atom is -0.459 e. The normalized spacial score (nSPS) is 12.9. The number of carbonyl (C=O) groups excluding carboxylic acids is 1. The van der Waals surface area contributed by atoms with Crippen molar-refractivity contribution in [2.75, 3.05) is 6.61 Å². The first-order valence-corrected chi connectivity index (χ1v) is 6.92. The number of rotatable bonds is 3. The minimum absolute atomic E-state index is 0.216. The molecule has 11 heteroatoms. The number of nitro benzene ring substituents is 1. The Morgan fingerprint density at radius 3 is 2.59 bits per heavy atom. The highest BCUT2D eigenvalue weighted by Crippen LogP contribution is 2.41. The largest absolute Gasteiger partial charge is 0.459 e. The van der Waals surface area contributed by atoms with E-state index in [2.05, 4.69) is 8.92 Å². The summed E-state index contributed by atoms with van der Waals surface area (Å²) in [5, 5.41) is 25.1. The number of nitro groups is 1. The maximum atomic E-state index is 11.1. The molecular weight excluding hydrogens is 318 g/mol. The van der Waals surface area contributed by atoms with Gasteiger partial charge in [-0.1, -0.05) is 6.07 Å². The third kappa shape index (κ3) is 4.00. The van der Waals surface area contributed by atoms with Gasteiger partial charge in [-0.25, -0.2) is 0 Å². The van der Waals surface area contributed by atoms with Gasteiger partial charge in [0.05, 0.1) is 4.92 Å². The maximum absolute atomic E-state index is 11.1. The highest BCUT2D eigenvalue weighted by atomic mass is 32.2. The van der Waals surface area contributed by atoms with Crippen molar-refractivity contribution in [1.29, 1.82) is 10.7 Å². The van der Waals surface area contributed by atoms with Crippen molar-refractivity contribution in [2.45, 2.75) is 11.8 Å². The van der Waals surface area contributed by atoms with Gasteiger partial charge in [-0.15, -0.1) is 0 Å². The van der Waals surface area contributed by atoms with Crippen LogP contribution in [0, 0.1) is 26.9 Å². The van der Waals surface area contributed by atoms with Crippen LogP contribution in [0.5, 0.6) is 5.75 Å². The summed E-state index contributed by atoms with van der Waals surface area (Å²) in [4.78, 5) is 19.3. The number of nitriles is 1. The van der Waals surface area contributed by atoms with Gasteiger partial charge in [-0.05, 0) is 12.1 Å². The summed E-state index contributed by atoms with van der Waals surface area (Å²) in [6.45, 7) is 1.01. The standard InChI is InChI=1S/C6H3NO5S.C5H6N2O2/c8-7(9)6-4-2-1-3-5(6)13(10,11)12-4;1-4(8)9-3-5(7)2-6/h1-3H;7H,3H2,1H3. The molecule has 0 amide bonds. The van der Waals surface area contributed by atoms with E-state index in [-0.39, 0.29) is 23.0 Å².